The Morgan fingerprint density at radius 3 is 1.31 bits per heavy atom. The number of amides is 4. The molecule has 10 N–H and O–H groups in total. The van der Waals surface area contributed by atoms with Crippen molar-refractivity contribution in [2.45, 2.75) is 50.6 Å². The average molecular weight is 939 g/mol. The standard InChI is InChI=1S/C38H66N8O19/c47-30(39-7-2-1-3-28(36(57)58)41-38(61)42-29(37(59)60)4-5-32(49)50)6-17-62-19-20-63-21-22-65-27-64-18-8-40-31(48)23-43-9-11-44(24-33(51)52)13-15-46(26-35(55)56)16-14-45(12-10-43)25-34(53)54/h28-29H,1-27H2,(H,39,47)(H,40,48)(H,49,50)(H,51,52)(H,53,54)(H,55,56)(H,57,58)(H,59,60)(H2,41,42,61)/t28-,29-/m0/s1. The Hall–Kier alpha value is -5.29. The third-order valence-corrected chi connectivity index (χ3v) is 9.42. The summed E-state index contributed by atoms with van der Waals surface area (Å²) in [5.41, 5.74) is 0. The topological polar surface area (TPSA) is 373 Å². The highest BCUT2D eigenvalue weighted by Crippen LogP contribution is 2.04. The molecule has 4 amide bonds. The van der Waals surface area contributed by atoms with Gasteiger partial charge in [-0.2, -0.15) is 0 Å². The van der Waals surface area contributed by atoms with Crippen molar-refractivity contribution < 1.29 is 92.7 Å². The number of unbranched alkanes of at least 4 members (excludes halogenated alkanes) is 1. The third kappa shape index (κ3) is 32.1. The summed E-state index contributed by atoms with van der Waals surface area (Å²) in [4.78, 5) is 111. The zero-order valence-corrected chi connectivity index (χ0v) is 36.5. The zero-order chi connectivity index (χ0) is 48.4. The second kappa shape index (κ2) is 35.0. The van der Waals surface area contributed by atoms with Crippen LogP contribution in [0.15, 0.2) is 0 Å². The molecule has 1 saturated heterocycles. The molecule has 372 valence electrons. The Labute approximate surface area is 375 Å². The van der Waals surface area contributed by atoms with E-state index in [1.54, 1.807) is 14.7 Å². The van der Waals surface area contributed by atoms with Crippen molar-refractivity contribution in [2.75, 3.05) is 138 Å². The molecule has 0 spiro atoms. The Bertz CT molecular complexity index is 1460. The fourth-order valence-corrected chi connectivity index (χ4v) is 6.02. The van der Waals surface area contributed by atoms with Crippen molar-refractivity contribution in [1.82, 2.24) is 40.9 Å². The van der Waals surface area contributed by atoms with Gasteiger partial charge in [0, 0.05) is 78.3 Å². The molecule has 1 heterocycles. The molecular formula is C38H66N8O19. The van der Waals surface area contributed by atoms with Crippen LogP contribution in [0.3, 0.4) is 0 Å². The van der Waals surface area contributed by atoms with E-state index in [2.05, 4.69) is 21.3 Å². The lowest BCUT2D eigenvalue weighted by molar-refractivity contribution is -0.141. The van der Waals surface area contributed by atoms with E-state index < -0.39 is 60.4 Å². The number of carbonyl (C=O) groups excluding carboxylic acids is 3. The summed E-state index contributed by atoms with van der Waals surface area (Å²) < 4.78 is 21.5. The molecule has 0 saturated carbocycles. The predicted octanol–water partition coefficient (Wildman–Crippen LogP) is -3.65. The highest BCUT2D eigenvalue weighted by Gasteiger charge is 2.25. The number of carboxylic acids is 6. The number of urea groups is 1. The first-order valence-corrected chi connectivity index (χ1v) is 21.1. The molecule has 1 fully saturated rings. The molecule has 0 unspecified atom stereocenters. The summed E-state index contributed by atoms with van der Waals surface area (Å²) in [7, 11) is 0. The highest BCUT2D eigenvalue weighted by molar-refractivity contribution is 5.86. The average Bonchev–Trinajstić information content (AvgIpc) is 3.21. The summed E-state index contributed by atoms with van der Waals surface area (Å²) in [6.07, 6.45) is -0.114. The maximum Gasteiger partial charge on any atom is 0.326 e. The van der Waals surface area contributed by atoms with Gasteiger partial charge in [0.2, 0.25) is 11.8 Å². The van der Waals surface area contributed by atoms with Crippen molar-refractivity contribution in [3.63, 3.8) is 0 Å². The van der Waals surface area contributed by atoms with Gasteiger partial charge in [0.05, 0.1) is 65.8 Å². The SMILES string of the molecule is O=C(O)CC[C@H](NC(=O)N[C@@H](CCCCNC(=O)CCOCCOCCOCOCCNC(=O)CN1CCN(CC(=O)O)CCN(CC(=O)O)CCN(CC(=O)O)CC1)C(=O)O)C(=O)O. The first-order chi connectivity index (χ1) is 30.9. The van der Waals surface area contributed by atoms with Gasteiger partial charge in [0.1, 0.15) is 18.9 Å². The lowest BCUT2D eigenvalue weighted by Gasteiger charge is -2.32. The van der Waals surface area contributed by atoms with Crippen LogP contribution in [0.25, 0.3) is 0 Å². The number of ether oxygens (including phenoxy) is 4. The Morgan fingerprint density at radius 2 is 0.846 bits per heavy atom. The lowest BCUT2D eigenvalue weighted by atomic mass is 10.1. The predicted molar refractivity (Wildman–Crippen MR) is 223 cm³/mol. The van der Waals surface area contributed by atoms with Gasteiger partial charge >= 0.3 is 41.8 Å². The van der Waals surface area contributed by atoms with Gasteiger partial charge in [0.25, 0.3) is 0 Å². The summed E-state index contributed by atoms with van der Waals surface area (Å²) in [5.74, 6) is -7.79. The number of hydrogen-bond acceptors (Lipinski definition) is 17. The number of nitrogens with one attached hydrogen (secondary N) is 4. The fraction of sp³-hybridized carbons (Fsp3) is 0.763. The molecule has 2 atom stereocenters. The van der Waals surface area contributed by atoms with Crippen LogP contribution in [0.1, 0.15) is 38.5 Å². The van der Waals surface area contributed by atoms with Gasteiger partial charge in [-0.1, -0.05) is 0 Å². The fourth-order valence-electron chi connectivity index (χ4n) is 6.02. The Balaban J connectivity index is 2.20. The maximum absolute atomic E-state index is 12.8. The van der Waals surface area contributed by atoms with Crippen LogP contribution in [0.2, 0.25) is 0 Å². The van der Waals surface area contributed by atoms with E-state index in [1.807, 2.05) is 4.90 Å². The number of rotatable bonds is 34. The molecule has 0 aliphatic carbocycles. The van der Waals surface area contributed by atoms with E-state index >= 15 is 0 Å². The normalized spacial score (nSPS) is 15.6. The van der Waals surface area contributed by atoms with Crippen molar-refractivity contribution in [3.8, 4) is 0 Å². The Morgan fingerprint density at radius 1 is 0.431 bits per heavy atom. The molecule has 0 aromatic carbocycles. The lowest BCUT2D eigenvalue weighted by Crippen LogP contribution is -2.51. The summed E-state index contributed by atoms with van der Waals surface area (Å²) >= 11 is 0. The smallest absolute Gasteiger partial charge is 0.326 e. The molecule has 27 nitrogen and oxygen atoms in total. The van der Waals surface area contributed by atoms with Crippen molar-refractivity contribution in [2.24, 2.45) is 0 Å². The minimum Gasteiger partial charge on any atom is -0.481 e. The number of nitrogens with zero attached hydrogens (tertiary/aromatic N) is 4. The van der Waals surface area contributed by atoms with Gasteiger partial charge in [-0.05, 0) is 25.7 Å². The van der Waals surface area contributed by atoms with Gasteiger partial charge in [0.15, 0.2) is 0 Å². The number of carboxylic acid groups (broad SMARTS) is 6. The molecule has 1 aliphatic heterocycles. The van der Waals surface area contributed by atoms with E-state index in [9.17, 15) is 63.6 Å². The van der Waals surface area contributed by atoms with Crippen molar-refractivity contribution in [1.29, 1.82) is 0 Å². The molecule has 65 heavy (non-hydrogen) atoms. The van der Waals surface area contributed by atoms with Crippen LogP contribution < -0.4 is 21.3 Å². The first kappa shape index (κ1) is 57.7. The van der Waals surface area contributed by atoms with Gasteiger partial charge < -0.3 is 70.9 Å². The molecule has 1 aliphatic rings. The number of hydrogen-bond donors (Lipinski definition) is 10. The first-order valence-electron chi connectivity index (χ1n) is 21.1. The molecule has 0 aromatic rings. The largest absolute Gasteiger partial charge is 0.481 e. The van der Waals surface area contributed by atoms with Crippen LogP contribution in [0.4, 0.5) is 4.79 Å². The van der Waals surface area contributed by atoms with E-state index in [1.165, 1.54) is 0 Å². The van der Waals surface area contributed by atoms with E-state index in [0.29, 0.717) is 25.9 Å². The minimum absolute atomic E-state index is 0.00313. The highest BCUT2D eigenvalue weighted by atomic mass is 16.7. The van der Waals surface area contributed by atoms with Gasteiger partial charge in [-0.3, -0.25) is 48.4 Å². The van der Waals surface area contributed by atoms with E-state index in [-0.39, 0.29) is 156 Å². The van der Waals surface area contributed by atoms with E-state index in [4.69, 9.17) is 29.2 Å². The van der Waals surface area contributed by atoms with Gasteiger partial charge in [-0.15, -0.1) is 0 Å². The summed E-state index contributed by atoms with van der Waals surface area (Å²) in [6, 6.07) is -3.91. The van der Waals surface area contributed by atoms with Gasteiger partial charge in [-0.25, -0.2) is 14.4 Å². The van der Waals surface area contributed by atoms with Crippen LogP contribution in [-0.4, -0.2) is 254 Å². The van der Waals surface area contributed by atoms with E-state index in [0.717, 1.165) is 0 Å². The number of aliphatic carboxylic acids is 6. The molecule has 0 bridgehead atoms. The monoisotopic (exact) mass is 938 g/mol. The number of carbonyl (C=O) groups is 9. The molecule has 27 heteroatoms. The summed E-state index contributed by atoms with van der Waals surface area (Å²) in [5, 5.41) is 64.9. The summed E-state index contributed by atoms with van der Waals surface area (Å²) in [6.45, 7) is 3.03. The van der Waals surface area contributed by atoms with Crippen molar-refractivity contribution in [3.05, 3.63) is 0 Å². The molecule has 1 rings (SSSR count). The van der Waals surface area contributed by atoms with Crippen molar-refractivity contribution >= 4 is 53.7 Å². The molecule has 0 aromatic heterocycles. The van der Waals surface area contributed by atoms with Crippen LogP contribution >= 0.6 is 0 Å². The van der Waals surface area contributed by atoms with Crippen LogP contribution in [-0.2, 0) is 57.3 Å². The third-order valence-electron chi connectivity index (χ3n) is 9.42. The second-order valence-corrected chi connectivity index (χ2v) is 14.7. The maximum atomic E-state index is 12.8. The molecular weight excluding hydrogens is 872 g/mol. The Kier molecular flexibility index (Phi) is 31.1. The van der Waals surface area contributed by atoms with Crippen LogP contribution in [0, 0.1) is 0 Å². The zero-order valence-electron chi connectivity index (χ0n) is 36.5. The van der Waals surface area contributed by atoms with Crippen LogP contribution in [0.5, 0.6) is 0 Å². The minimum atomic E-state index is -1.51. The quantitative estimate of drug-likeness (QED) is 0.0220. The molecule has 0 radical (unpaired) electrons. The second-order valence-electron chi connectivity index (χ2n) is 14.7.